The molecule has 1 heterocycles. The quantitative estimate of drug-likeness (QED) is 0.212. The maximum absolute atomic E-state index is 13.5. The molecule has 1 saturated heterocycles. The lowest BCUT2D eigenvalue weighted by atomic mass is 9.45. The molecule has 4 aliphatic carbocycles. The van der Waals surface area contributed by atoms with Gasteiger partial charge in [0.15, 0.2) is 6.10 Å². The Morgan fingerprint density at radius 3 is 2.08 bits per heavy atom. The van der Waals surface area contributed by atoms with Crippen molar-refractivity contribution >= 4 is 34.0 Å². The number of hydrogen-bond acceptors (Lipinski definition) is 10. The summed E-state index contributed by atoms with van der Waals surface area (Å²) in [5.41, 5.74) is -0.844. The first-order chi connectivity index (χ1) is 18.5. The lowest BCUT2D eigenvalue weighted by molar-refractivity contribution is -0.212. The van der Waals surface area contributed by atoms with Gasteiger partial charge < -0.3 is 18.9 Å². The van der Waals surface area contributed by atoms with Gasteiger partial charge in [0.25, 0.3) is 0 Å². The lowest BCUT2D eigenvalue weighted by Crippen LogP contribution is -2.59. The van der Waals surface area contributed by atoms with E-state index in [1.807, 2.05) is 13.8 Å². The highest BCUT2D eigenvalue weighted by molar-refractivity contribution is 7.86. The Labute approximate surface area is 231 Å². The van der Waals surface area contributed by atoms with Crippen LogP contribution in [0.2, 0.25) is 0 Å². The average Bonchev–Trinajstić information content (AvgIpc) is 3.21. The van der Waals surface area contributed by atoms with Gasteiger partial charge in [0.2, 0.25) is 12.2 Å². The molecule has 4 unspecified atom stereocenters. The molecule has 4 bridgehead atoms. The van der Waals surface area contributed by atoms with Crippen LogP contribution in [0, 0.1) is 23.2 Å². The summed E-state index contributed by atoms with van der Waals surface area (Å²) in [6.45, 7) is 4.50. The summed E-state index contributed by atoms with van der Waals surface area (Å²) < 4.78 is 77.6. The fourth-order valence-corrected chi connectivity index (χ4v) is 7.82. The topological polar surface area (TPSA) is 160 Å². The molecule has 0 radical (unpaired) electrons. The van der Waals surface area contributed by atoms with Crippen LogP contribution in [0.15, 0.2) is 0 Å². The molecule has 14 heteroatoms. The van der Waals surface area contributed by atoms with E-state index >= 15 is 0 Å². The van der Waals surface area contributed by atoms with E-state index in [4.69, 9.17) is 18.8 Å². The normalized spacial score (nSPS) is 33.5. The first kappa shape index (κ1) is 30.6. The van der Waals surface area contributed by atoms with Gasteiger partial charge in [-0.3, -0.25) is 14.1 Å². The van der Waals surface area contributed by atoms with Gasteiger partial charge in [-0.2, -0.15) is 17.2 Å². The van der Waals surface area contributed by atoms with Gasteiger partial charge in [-0.15, -0.1) is 0 Å². The SMILES string of the molecule is CCC(C)(OC(=O)C1CC(OC(=O)CCC(=O)OC(C)C(F)(F)S(=O)(=O)O)C(=O)O1)C12CC3CC(CC(C3)C1)C2. The number of hydrogen-bond donors (Lipinski definition) is 1. The van der Waals surface area contributed by atoms with Crippen molar-refractivity contribution in [3.63, 3.8) is 0 Å². The smallest absolute Gasteiger partial charge is 0.405 e. The molecule has 5 rings (SSSR count). The van der Waals surface area contributed by atoms with Gasteiger partial charge in [0.1, 0.15) is 5.60 Å². The molecular weight excluding hydrogens is 558 g/mol. The molecule has 0 aromatic rings. The van der Waals surface area contributed by atoms with E-state index in [1.54, 1.807) is 0 Å². The minimum absolute atomic E-state index is 0.113. The first-order valence-corrected chi connectivity index (χ1v) is 15.1. The fourth-order valence-electron chi connectivity index (χ4n) is 7.35. The highest BCUT2D eigenvalue weighted by Crippen LogP contribution is 2.65. The zero-order valence-corrected chi connectivity index (χ0v) is 23.5. The number of rotatable bonds is 11. The van der Waals surface area contributed by atoms with Crippen LogP contribution in [0.1, 0.15) is 85.0 Å². The summed E-state index contributed by atoms with van der Waals surface area (Å²) in [4.78, 5) is 49.4. The first-order valence-electron chi connectivity index (χ1n) is 13.7. The number of esters is 4. The maximum atomic E-state index is 13.5. The highest BCUT2D eigenvalue weighted by atomic mass is 32.2. The van der Waals surface area contributed by atoms with Crippen molar-refractivity contribution < 1.29 is 59.9 Å². The standard InChI is InChI=1S/C26H36F2O11S/c1-4-24(3,25-11-15-7-16(12-25)9-17(8-15)13-25)39-23(32)19-10-18(22(31)38-19)37-21(30)6-5-20(29)36-14(2)26(27,28)40(33,34)35/h14-19H,4-13H2,1-3H3,(H,33,34,35). The second-order valence-corrected chi connectivity index (χ2v) is 13.5. The van der Waals surface area contributed by atoms with Crippen LogP contribution < -0.4 is 0 Å². The van der Waals surface area contributed by atoms with E-state index in [1.165, 1.54) is 19.3 Å². The van der Waals surface area contributed by atoms with E-state index < -0.39 is 76.0 Å². The molecule has 0 aromatic heterocycles. The third kappa shape index (κ3) is 5.83. The van der Waals surface area contributed by atoms with Crippen LogP contribution in [-0.4, -0.2) is 66.0 Å². The van der Waals surface area contributed by atoms with Gasteiger partial charge in [-0.05, 0) is 76.5 Å². The molecule has 1 aliphatic heterocycles. The zero-order chi connectivity index (χ0) is 29.7. The largest absolute Gasteiger partial charge is 0.456 e. The zero-order valence-electron chi connectivity index (χ0n) is 22.7. The second-order valence-electron chi connectivity index (χ2n) is 12.0. The second kappa shape index (κ2) is 10.8. The van der Waals surface area contributed by atoms with Crippen LogP contribution in [0.4, 0.5) is 8.78 Å². The van der Waals surface area contributed by atoms with Crippen LogP contribution in [-0.2, 0) is 48.2 Å². The molecule has 4 saturated carbocycles. The van der Waals surface area contributed by atoms with Crippen molar-refractivity contribution in [2.24, 2.45) is 23.2 Å². The summed E-state index contributed by atoms with van der Waals surface area (Å²) in [6, 6.07) is 0. The van der Waals surface area contributed by atoms with Crippen LogP contribution >= 0.6 is 0 Å². The molecule has 5 aliphatic rings. The van der Waals surface area contributed by atoms with Gasteiger partial charge in [-0.25, -0.2) is 9.59 Å². The van der Waals surface area contributed by atoms with Crippen molar-refractivity contribution in [2.75, 3.05) is 0 Å². The predicted octanol–water partition coefficient (Wildman–Crippen LogP) is 3.33. The Hall–Kier alpha value is -2.35. The molecule has 1 N–H and O–H groups in total. The fraction of sp³-hybridized carbons (Fsp3) is 0.846. The van der Waals surface area contributed by atoms with Crippen molar-refractivity contribution in [2.45, 2.75) is 114 Å². The molecule has 4 atom stereocenters. The summed E-state index contributed by atoms with van der Waals surface area (Å²) in [6.07, 6.45) is 0.406. The molecule has 0 spiro atoms. The van der Waals surface area contributed by atoms with E-state index in [2.05, 4.69) is 4.74 Å². The third-order valence-corrected chi connectivity index (χ3v) is 10.3. The van der Waals surface area contributed by atoms with E-state index in [0.717, 1.165) is 19.3 Å². The van der Waals surface area contributed by atoms with E-state index in [0.29, 0.717) is 31.1 Å². The Bertz CT molecular complexity index is 1120. The van der Waals surface area contributed by atoms with Crippen molar-refractivity contribution in [3.05, 3.63) is 0 Å². The molecule has 5 fully saturated rings. The van der Waals surface area contributed by atoms with Crippen LogP contribution in [0.3, 0.4) is 0 Å². The minimum Gasteiger partial charge on any atom is -0.456 e. The highest BCUT2D eigenvalue weighted by Gasteiger charge is 2.60. The lowest BCUT2D eigenvalue weighted by Gasteiger charge is -2.62. The van der Waals surface area contributed by atoms with Crippen LogP contribution in [0.5, 0.6) is 0 Å². The summed E-state index contributed by atoms with van der Waals surface area (Å²) >= 11 is 0. The number of alkyl halides is 2. The molecule has 0 amide bonds. The minimum atomic E-state index is -5.83. The van der Waals surface area contributed by atoms with Crippen LogP contribution in [0.25, 0.3) is 0 Å². The van der Waals surface area contributed by atoms with Gasteiger partial charge >= 0.3 is 39.2 Å². The number of halogens is 2. The van der Waals surface area contributed by atoms with Gasteiger partial charge in [0, 0.05) is 11.8 Å². The average molecular weight is 595 g/mol. The summed E-state index contributed by atoms with van der Waals surface area (Å²) in [5.74, 6) is -2.15. The van der Waals surface area contributed by atoms with Gasteiger partial charge in [-0.1, -0.05) is 6.92 Å². The monoisotopic (exact) mass is 594 g/mol. The van der Waals surface area contributed by atoms with Crippen molar-refractivity contribution in [1.82, 2.24) is 0 Å². The number of carbonyl (C=O) groups is 4. The molecular formula is C26H36F2O11S. The summed E-state index contributed by atoms with van der Waals surface area (Å²) in [7, 11) is -5.83. The molecule has 40 heavy (non-hydrogen) atoms. The maximum Gasteiger partial charge on any atom is 0.405 e. The molecule has 0 aromatic carbocycles. The molecule has 11 nitrogen and oxygen atoms in total. The van der Waals surface area contributed by atoms with Gasteiger partial charge in [0.05, 0.1) is 12.8 Å². The Morgan fingerprint density at radius 2 is 1.57 bits per heavy atom. The van der Waals surface area contributed by atoms with E-state index in [9.17, 15) is 36.4 Å². The third-order valence-electron chi connectivity index (χ3n) is 9.31. The van der Waals surface area contributed by atoms with Crippen molar-refractivity contribution in [3.8, 4) is 0 Å². The molecule has 226 valence electrons. The summed E-state index contributed by atoms with van der Waals surface area (Å²) in [5, 5.41) is -4.75. The predicted molar refractivity (Wildman–Crippen MR) is 131 cm³/mol. The van der Waals surface area contributed by atoms with E-state index in [-0.39, 0.29) is 11.8 Å². The number of ether oxygens (including phenoxy) is 4. The Balaban J connectivity index is 1.27. The number of cyclic esters (lactones) is 1. The Morgan fingerprint density at radius 1 is 1.05 bits per heavy atom. The Kier molecular flexibility index (Phi) is 8.27. The van der Waals surface area contributed by atoms with Crippen molar-refractivity contribution in [1.29, 1.82) is 0 Å². The number of carbonyl (C=O) groups excluding carboxylic acids is 4.